The van der Waals surface area contributed by atoms with Crippen LogP contribution in [0.1, 0.15) is 45.4 Å². The van der Waals surface area contributed by atoms with Crippen LogP contribution in [0.4, 0.5) is 0 Å². The summed E-state index contributed by atoms with van der Waals surface area (Å²) in [6.07, 6.45) is 13.1. The lowest BCUT2D eigenvalue weighted by Crippen LogP contribution is -2.37. The largest absolute Gasteiger partial charge is 0.501 e. The van der Waals surface area contributed by atoms with Crippen LogP contribution in [0.15, 0.2) is 46.5 Å². The highest BCUT2D eigenvalue weighted by Crippen LogP contribution is 2.35. The lowest BCUT2D eigenvalue weighted by molar-refractivity contribution is 0.0738. The van der Waals surface area contributed by atoms with E-state index < -0.39 is 0 Å². The molecule has 0 fully saturated rings. The van der Waals surface area contributed by atoms with Crippen LogP contribution < -0.4 is 5.32 Å². The number of methoxy groups -OCH3 is 3. The van der Waals surface area contributed by atoms with E-state index in [1.807, 2.05) is 0 Å². The molecular weight excluding hydrogens is 326 g/mol. The number of ether oxygens (including phenoxy) is 3. The van der Waals surface area contributed by atoms with E-state index in [1.165, 1.54) is 11.1 Å². The second-order valence-electron chi connectivity index (χ2n) is 7.70. The van der Waals surface area contributed by atoms with E-state index in [4.69, 9.17) is 14.2 Å². The lowest BCUT2D eigenvalue weighted by atomic mass is 9.85. The van der Waals surface area contributed by atoms with Crippen LogP contribution in [-0.4, -0.2) is 40.0 Å². The Morgan fingerprint density at radius 2 is 1.92 bits per heavy atom. The van der Waals surface area contributed by atoms with Crippen molar-refractivity contribution >= 4 is 0 Å². The van der Waals surface area contributed by atoms with Crippen molar-refractivity contribution in [3.8, 4) is 0 Å². The third-order valence-electron chi connectivity index (χ3n) is 5.85. The summed E-state index contributed by atoms with van der Waals surface area (Å²) in [4.78, 5) is 0. The van der Waals surface area contributed by atoms with Crippen molar-refractivity contribution in [2.24, 2.45) is 5.92 Å². The van der Waals surface area contributed by atoms with Crippen LogP contribution in [0.5, 0.6) is 0 Å². The van der Waals surface area contributed by atoms with E-state index in [9.17, 15) is 0 Å². The fourth-order valence-corrected chi connectivity index (χ4v) is 4.42. The maximum Gasteiger partial charge on any atom is 0.124 e. The summed E-state index contributed by atoms with van der Waals surface area (Å²) in [6, 6.07) is 0.429. The van der Waals surface area contributed by atoms with E-state index in [2.05, 4.69) is 30.5 Å². The van der Waals surface area contributed by atoms with Gasteiger partial charge in [0, 0.05) is 19.6 Å². The monoisotopic (exact) mass is 359 g/mol. The second-order valence-corrected chi connectivity index (χ2v) is 7.70. The van der Waals surface area contributed by atoms with Gasteiger partial charge in [0.05, 0.1) is 20.0 Å². The third kappa shape index (κ3) is 4.41. The van der Waals surface area contributed by atoms with Gasteiger partial charge >= 0.3 is 0 Å². The molecule has 0 aromatic carbocycles. The smallest absolute Gasteiger partial charge is 0.124 e. The summed E-state index contributed by atoms with van der Waals surface area (Å²) in [5.74, 6) is 2.68. The van der Waals surface area contributed by atoms with Crippen molar-refractivity contribution in [2.75, 3.05) is 27.9 Å². The van der Waals surface area contributed by atoms with Gasteiger partial charge in [-0.1, -0.05) is 18.6 Å². The standard InChI is InChI=1S/C22H33NO3/c1-15-11-18(24-2)14-17-9-10-23-20(19(17)12-15)13-16-5-7-21(25-3)22(26-4)8-6-16/h5,7,14-15,20,22-23H,6,8-13H2,1-4H3. The SMILES string of the molecule is COC1=CC2=C(CC(C)C1)C(CC1=CC=C(OC)C(OC)CC1)NCC2. The minimum absolute atomic E-state index is 0.0629. The van der Waals surface area contributed by atoms with E-state index in [1.54, 1.807) is 26.9 Å². The minimum atomic E-state index is 0.0629. The highest BCUT2D eigenvalue weighted by Gasteiger charge is 2.27. The summed E-state index contributed by atoms with van der Waals surface area (Å²) < 4.78 is 16.7. The van der Waals surface area contributed by atoms with Crippen molar-refractivity contribution in [3.05, 3.63) is 46.5 Å². The Bertz CT molecular complexity index is 629. The molecule has 4 heteroatoms. The predicted molar refractivity (Wildman–Crippen MR) is 105 cm³/mol. The highest BCUT2D eigenvalue weighted by molar-refractivity contribution is 5.36. The van der Waals surface area contributed by atoms with Crippen LogP contribution in [0.25, 0.3) is 0 Å². The van der Waals surface area contributed by atoms with Crippen molar-refractivity contribution in [1.29, 1.82) is 0 Å². The average molecular weight is 360 g/mol. The Balaban J connectivity index is 1.78. The molecule has 1 heterocycles. The zero-order valence-electron chi connectivity index (χ0n) is 16.6. The molecule has 26 heavy (non-hydrogen) atoms. The molecule has 3 unspecified atom stereocenters. The van der Waals surface area contributed by atoms with E-state index in [0.29, 0.717) is 12.0 Å². The van der Waals surface area contributed by atoms with Crippen LogP contribution in [0.3, 0.4) is 0 Å². The molecule has 4 nitrogen and oxygen atoms in total. The summed E-state index contributed by atoms with van der Waals surface area (Å²) >= 11 is 0. The molecule has 2 aliphatic carbocycles. The average Bonchev–Trinajstić information content (AvgIpc) is 2.94. The molecule has 1 N–H and O–H groups in total. The van der Waals surface area contributed by atoms with Crippen molar-refractivity contribution in [2.45, 2.75) is 57.6 Å². The van der Waals surface area contributed by atoms with Crippen molar-refractivity contribution in [3.63, 3.8) is 0 Å². The summed E-state index contributed by atoms with van der Waals surface area (Å²) in [6.45, 7) is 3.37. The van der Waals surface area contributed by atoms with E-state index in [0.717, 1.165) is 56.6 Å². The second kappa shape index (κ2) is 8.92. The molecule has 0 bridgehead atoms. The first-order valence-electron chi connectivity index (χ1n) is 9.80. The van der Waals surface area contributed by atoms with Gasteiger partial charge in [-0.15, -0.1) is 0 Å². The van der Waals surface area contributed by atoms with Gasteiger partial charge in [-0.25, -0.2) is 0 Å². The number of hydrogen-bond donors (Lipinski definition) is 1. The first kappa shape index (κ1) is 19.2. The van der Waals surface area contributed by atoms with E-state index in [-0.39, 0.29) is 6.10 Å². The quantitative estimate of drug-likeness (QED) is 0.796. The Kier molecular flexibility index (Phi) is 6.60. The fraction of sp³-hybridized carbons (Fsp3) is 0.636. The van der Waals surface area contributed by atoms with Crippen LogP contribution in [0.2, 0.25) is 0 Å². The molecule has 0 radical (unpaired) electrons. The summed E-state index contributed by atoms with van der Waals surface area (Å²) in [5.41, 5.74) is 4.55. The van der Waals surface area contributed by atoms with Gasteiger partial charge in [0.25, 0.3) is 0 Å². The zero-order valence-corrected chi connectivity index (χ0v) is 16.6. The molecule has 3 atom stereocenters. The molecule has 0 aromatic heterocycles. The highest BCUT2D eigenvalue weighted by atomic mass is 16.5. The minimum Gasteiger partial charge on any atom is -0.501 e. The van der Waals surface area contributed by atoms with E-state index >= 15 is 0 Å². The zero-order chi connectivity index (χ0) is 18.5. The molecule has 0 saturated heterocycles. The molecule has 0 aromatic rings. The Morgan fingerprint density at radius 1 is 1.08 bits per heavy atom. The van der Waals surface area contributed by atoms with Gasteiger partial charge in [0.2, 0.25) is 0 Å². The number of nitrogens with one attached hydrogen (secondary N) is 1. The fourth-order valence-electron chi connectivity index (χ4n) is 4.42. The van der Waals surface area contributed by atoms with Gasteiger partial charge in [-0.05, 0) is 67.9 Å². The van der Waals surface area contributed by atoms with Crippen molar-refractivity contribution < 1.29 is 14.2 Å². The van der Waals surface area contributed by atoms with Gasteiger partial charge < -0.3 is 19.5 Å². The molecule has 3 rings (SSSR count). The normalized spacial score (nSPS) is 29.7. The van der Waals surface area contributed by atoms with Crippen LogP contribution in [-0.2, 0) is 14.2 Å². The molecule has 3 aliphatic rings. The number of hydrogen-bond acceptors (Lipinski definition) is 4. The molecule has 0 amide bonds. The number of rotatable bonds is 5. The molecule has 1 aliphatic heterocycles. The van der Waals surface area contributed by atoms with Gasteiger partial charge in [-0.2, -0.15) is 0 Å². The number of allylic oxidation sites excluding steroid dienone is 4. The first-order valence-corrected chi connectivity index (χ1v) is 9.80. The Hall–Kier alpha value is -1.52. The topological polar surface area (TPSA) is 39.7 Å². The predicted octanol–water partition coefficient (Wildman–Crippen LogP) is 4.26. The van der Waals surface area contributed by atoms with Crippen LogP contribution >= 0.6 is 0 Å². The first-order chi connectivity index (χ1) is 12.6. The maximum absolute atomic E-state index is 5.60. The van der Waals surface area contributed by atoms with Gasteiger partial charge in [-0.3, -0.25) is 0 Å². The molecule has 144 valence electrons. The van der Waals surface area contributed by atoms with Gasteiger partial charge in [0.1, 0.15) is 11.9 Å². The Morgan fingerprint density at radius 3 is 2.65 bits per heavy atom. The molecule has 0 saturated carbocycles. The summed E-state index contributed by atoms with van der Waals surface area (Å²) in [7, 11) is 5.28. The lowest BCUT2D eigenvalue weighted by Gasteiger charge is -2.30. The van der Waals surface area contributed by atoms with Gasteiger partial charge in [0.15, 0.2) is 0 Å². The summed E-state index contributed by atoms with van der Waals surface area (Å²) in [5, 5.41) is 3.77. The van der Waals surface area contributed by atoms with Crippen molar-refractivity contribution in [1.82, 2.24) is 5.32 Å². The third-order valence-corrected chi connectivity index (χ3v) is 5.85. The molecule has 0 spiro atoms. The Labute approximate surface area is 158 Å². The van der Waals surface area contributed by atoms with Crippen LogP contribution in [0, 0.1) is 5.92 Å². The molecular formula is C22H33NO3. The maximum atomic E-state index is 5.60.